The molecule has 0 bridgehead atoms. The maximum Gasteiger partial charge on any atom is 0.104 e. The molecule has 4 nitrogen and oxygen atoms in total. The minimum atomic E-state index is 0.169. The maximum atomic E-state index is 8.20. The zero-order valence-corrected chi connectivity index (χ0v) is 13.3. The summed E-state index contributed by atoms with van der Waals surface area (Å²) in [5.74, 6) is 1.22. The van der Waals surface area contributed by atoms with E-state index in [-0.39, 0.29) is 12.0 Å². The van der Waals surface area contributed by atoms with Crippen LogP contribution in [0, 0.1) is 16.7 Å². The Morgan fingerprint density at radius 3 is 2.21 bits per heavy atom. The van der Waals surface area contributed by atoms with Crippen molar-refractivity contribution >= 4 is 11.7 Å². The highest BCUT2D eigenvalue weighted by Gasteiger charge is 2.31. The van der Waals surface area contributed by atoms with Gasteiger partial charge in [0.1, 0.15) is 5.84 Å². The second kappa shape index (κ2) is 6.51. The van der Waals surface area contributed by atoms with Gasteiger partial charge in [-0.05, 0) is 47.1 Å². The molecular weight excluding hydrogens is 236 g/mol. The predicted molar refractivity (Wildman–Crippen MR) is 82.1 cm³/mol. The lowest BCUT2D eigenvalue weighted by Crippen LogP contribution is -2.46. The molecule has 3 atom stereocenters. The molecule has 1 aliphatic rings. The van der Waals surface area contributed by atoms with Crippen LogP contribution in [0.25, 0.3) is 0 Å². The van der Waals surface area contributed by atoms with Gasteiger partial charge in [-0.25, -0.2) is 0 Å². The lowest BCUT2D eigenvalue weighted by Gasteiger charge is -2.35. The topological polar surface area (TPSA) is 54.2 Å². The molecule has 4 heteroatoms. The van der Waals surface area contributed by atoms with Crippen molar-refractivity contribution in [3.8, 4) is 0 Å². The Kier molecular flexibility index (Phi) is 5.53. The van der Waals surface area contributed by atoms with Crippen LogP contribution in [0.2, 0.25) is 0 Å². The van der Waals surface area contributed by atoms with E-state index in [9.17, 15) is 0 Å². The smallest absolute Gasteiger partial charge is 0.104 e. The Hall–Kier alpha value is -0.900. The molecule has 0 radical (unpaired) electrons. The SMILES string of the molecule is CC(=N)N(C(=N)C(C)C)C(C)CC1CCC(C)N1C. The number of amidine groups is 2. The van der Waals surface area contributed by atoms with Gasteiger partial charge in [-0.15, -0.1) is 0 Å². The molecule has 1 fully saturated rings. The minimum Gasteiger partial charge on any atom is -0.316 e. The van der Waals surface area contributed by atoms with Crippen molar-refractivity contribution in [2.24, 2.45) is 5.92 Å². The lowest BCUT2D eigenvalue weighted by molar-refractivity contribution is 0.218. The molecule has 3 unspecified atom stereocenters. The summed E-state index contributed by atoms with van der Waals surface area (Å²) >= 11 is 0. The van der Waals surface area contributed by atoms with Gasteiger partial charge in [0, 0.05) is 24.0 Å². The minimum absolute atomic E-state index is 0.169. The number of hydrogen-bond donors (Lipinski definition) is 2. The van der Waals surface area contributed by atoms with Crippen LogP contribution in [0.1, 0.15) is 53.9 Å². The summed E-state index contributed by atoms with van der Waals surface area (Å²) in [6, 6.07) is 1.48. The fourth-order valence-corrected chi connectivity index (χ4v) is 3.01. The maximum absolute atomic E-state index is 8.20. The number of nitrogens with one attached hydrogen (secondary N) is 2. The first-order chi connectivity index (χ1) is 8.75. The van der Waals surface area contributed by atoms with Crippen LogP contribution in [0.4, 0.5) is 0 Å². The first-order valence-corrected chi connectivity index (χ1v) is 7.40. The van der Waals surface area contributed by atoms with Gasteiger partial charge in [0.2, 0.25) is 0 Å². The lowest BCUT2D eigenvalue weighted by atomic mass is 10.0. The predicted octanol–water partition coefficient (Wildman–Crippen LogP) is 3.18. The van der Waals surface area contributed by atoms with Gasteiger partial charge in [-0.2, -0.15) is 0 Å². The summed E-state index contributed by atoms with van der Waals surface area (Å²) in [7, 11) is 2.20. The Morgan fingerprint density at radius 1 is 1.26 bits per heavy atom. The summed E-state index contributed by atoms with van der Waals surface area (Å²) in [4.78, 5) is 4.34. The Morgan fingerprint density at radius 2 is 1.84 bits per heavy atom. The highest BCUT2D eigenvalue weighted by atomic mass is 15.2. The molecular formula is C15H30N4. The van der Waals surface area contributed by atoms with Gasteiger partial charge in [-0.3, -0.25) is 10.8 Å². The molecule has 1 saturated heterocycles. The van der Waals surface area contributed by atoms with E-state index in [0.29, 0.717) is 23.8 Å². The van der Waals surface area contributed by atoms with Crippen LogP contribution in [-0.2, 0) is 0 Å². The normalized spacial score (nSPS) is 25.6. The van der Waals surface area contributed by atoms with Crippen molar-refractivity contribution in [1.82, 2.24) is 9.80 Å². The molecule has 0 aromatic rings. The van der Waals surface area contributed by atoms with E-state index in [0.717, 1.165) is 6.42 Å². The van der Waals surface area contributed by atoms with E-state index in [1.54, 1.807) is 6.92 Å². The second-order valence-corrected chi connectivity index (χ2v) is 6.33. The van der Waals surface area contributed by atoms with Crippen molar-refractivity contribution in [3.63, 3.8) is 0 Å². The van der Waals surface area contributed by atoms with E-state index in [1.807, 2.05) is 18.7 Å². The molecule has 1 rings (SSSR count). The van der Waals surface area contributed by atoms with E-state index in [2.05, 4.69) is 25.8 Å². The van der Waals surface area contributed by atoms with Crippen molar-refractivity contribution in [2.45, 2.75) is 72.0 Å². The van der Waals surface area contributed by atoms with Crippen LogP contribution in [0.15, 0.2) is 0 Å². The first kappa shape index (κ1) is 16.2. The molecule has 0 aromatic carbocycles. The largest absolute Gasteiger partial charge is 0.316 e. The van der Waals surface area contributed by atoms with Crippen molar-refractivity contribution in [3.05, 3.63) is 0 Å². The average Bonchev–Trinajstić information content (AvgIpc) is 2.60. The zero-order chi connectivity index (χ0) is 14.7. The number of likely N-dealkylation sites (tertiary alicyclic amines) is 1. The number of hydrogen-bond acceptors (Lipinski definition) is 3. The Labute approximate surface area is 118 Å². The van der Waals surface area contributed by atoms with E-state index < -0.39 is 0 Å². The van der Waals surface area contributed by atoms with Gasteiger partial charge < -0.3 is 9.80 Å². The fourth-order valence-electron chi connectivity index (χ4n) is 3.01. The van der Waals surface area contributed by atoms with E-state index in [4.69, 9.17) is 10.8 Å². The van der Waals surface area contributed by atoms with Crippen LogP contribution in [0.3, 0.4) is 0 Å². The summed E-state index contributed by atoms with van der Waals surface area (Å²) in [6.45, 7) is 10.3. The van der Waals surface area contributed by atoms with Crippen LogP contribution in [-0.4, -0.2) is 46.6 Å². The van der Waals surface area contributed by atoms with Crippen molar-refractivity contribution in [2.75, 3.05) is 7.05 Å². The molecule has 110 valence electrons. The summed E-state index contributed by atoms with van der Waals surface area (Å²) < 4.78 is 0. The molecule has 1 aliphatic heterocycles. The Bertz CT molecular complexity index is 337. The van der Waals surface area contributed by atoms with Crippen LogP contribution in [0.5, 0.6) is 0 Å². The quantitative estimate of drug-likeness (QED) is 0.606. The second-order valence-electron chi connectivity index (χ2n) is 6.33. The third-order valence-corrected chi connectivity index (χ3v) is 4.41. The fraction of sp³-hybridized carbons (Fsp3) is 0.867. The summed E-state index contributed by atoms with van der Waals surface area (Å²) in [5.41, 5.74) is 0. The first-order valence-electron chi connectivity index (χ1n) is 7.40. The Balaban J connectivity index is 2.70. The van der Waals surface area contributed by atoms with E-state index in [1.165, 1.54) is 12.8 Å². The standard InChI is InChI=1S/C15H30N4/c1-10(2)15(17)19(13(5)16)12(4)9-14-8-7-11(3)18(14)6/h10-12,14,16-17H,7-9H2,1-6H3. The molecule has 0 aromatic heterocycles. The van der Waals surface area contributed by atoms with Gasteiger partial charge in [0.05, 0.1) is 5.84 Å². The molecule has 0 amide bonds. The molecule has 19 heavy (non-hydrogen) atoms. The van der Waals surface area contributed by atoms with Gasteiger partial charge in [0.15, 0.2) is 0 Å². The van der Waals surface area contributed by atoms with Gasteiger partial charge in [0.25, 0.3) is 0 Å². The molecule has 2 N–H and O–H groups in total. The van der Waals surface area contributed by atoms with Gasteiger partial charge >= 0.3 is 0 Å². The van der Waals surface area contributed by atoms with Crippen molar-refractivity contribution in [1.29, 1.82) is 10.8 Å². The molecule has 0 aliphatic carbocycles. The van der Waals surface area contributed by atoms with Crippen molar-refractivity contribution < 1.29 is 0 Å². The average molecular weight is 266 g/mol. The molecule has 1 heterocycles. The molecule has 0 saturated carbocycles. The monoisotopic (exact) mass is 266 g/mol. The number of rotatable bonds is 4. The zero-order valence-electron chi connectivity index (χ0n) is 13.3. The third kappa shape index (κ3) is 3.78. The molecule has 0 spiro atoms. The number of nitrogens with zero attached hydrogens (tertiary/aromatic N) is 2. The van der Waals surface area contributed by atoms with Crippen LogP contribution >= 0.6 is 0 Å². The highest BCUT2D eigenvalue weighted by molar-refractivity contribution is 5.98. The van der Waals surface area contributed by atoms with E-state index >= 15 is 0 Å². The van der Waals surface area contributed by atoms with Gasteiger partial charge in [-0.1, -0.05) is 13.8 Å². The third-order valence-electron chi connectivity index (χ3n) is 4.41. The highest BCUT2D eigenvalue weighted by Crippen LogP contribution is 2.26. The summed E-state index contributed by atoms with van der Waals surface area (Å²) in [5, 5.41) is 16.1. The summed E-state index contributed by atoms with van der Waals surface area (Å²) in [6.07, 6.45) is 3.53. The van der Waals surface area contributed by atoms with Crippen LogP contribution < -0.4 is 0 Å².